The number of imidazole rings is 1. The van der Waals surface area contributed by atoms with Crippen LogP contribution >= 0.6 is 0 Å². The minimum absolute atomic E-state index is 0.0134. The number of piperidine rings is 1. The number of rotatable bonds is 4. The number of aromatic nitrogens is 2. The van der Waals surface area contributed by atoms with Crippen molar-refractivity contribution in [2.75, 3.05) is 19.6 Å². The Morgan fingerprint density at radius 2 is 1.92 bits per heavy atom. The van der Waals surface area contributed by atoms with E-state index in [1.165, 1.54) is 12.8 Å². The smallest absolute Gasteiger partial charge is 0.306 e. The molecule has 2 aliphatic heterocycles. The molecule has 7 heteroatoms. The number of nitrogens with one attached hydrogen (secondary N) is 3. The number of aromatic amines is 1. The van der Waals surface area contributed by atoms with Crippen molar-refractivity contribution < 1.29 is 4.84 Å². The summed E-state index contributed by atoms with van der Waals surface area (Å²) in [5.74, 6) is 0.692. The number of hydroxylamine groups is 1. The van der Waals surface area contributed by atoms with Crippen LogP contribution in [0.3, 0.4) is 0 Å². The van der Waals surface area contributed by atoms with Gasteiger partial charge in [-0.3, -0.25) is 14.7 Å². The fourth-order valence-electron chi connectivity index (χ4n) is 4.20. The summed E-state index contributed by atoms with van der Waals surface area (Å²) in [7, 11) is 0. The zero-order chi connectivity index (χ0) is 16.8. The van der Waals surface area contributed by atoms with E-state index in [1.807, 2.05) is 28.8 Å². The van der Waals surface area contributed by atoms with Crippen molar-refractivity contribution in [3.8, 4) is 0 Å². The lowest BCUT2D eigenvalue weighted by Gasteiger charge is -2.33. The molecule has 0 bridgehead atoms. The van der Waals surface area contributed by atoms with E-state index in [0.717, 1.165) is 43.5 Å². The minimum atomic E-state index is 0.0134. The summed E-state index contributed by atoms with van der Waals surface area (Å²) in [4.78, 5) is 23.4. The van der Waals surface area contributed by atoms with Crippen LogP contribution < -0.4 is 16.5 Å². The molecule has 2 atom stereocenters. The van der Waals surface area contributed by atoms with E-state index in [0.29, 0.717) is 5.92 Å². The second-order valence-corrected chi connectivity index (χ2v) is 7.56. The zero-order valence-electron chi connectivity index (χ0n) is 14.3. The number of hydrogen-bond donors (Lipinski definition) is 3. The van der Waals surface area contributed by atoms with Crippen LogP contribution in [0.1, 0.15) is 31.7 Å². The SMILES string of the molecule is O=c1[nH]c2ccccc2n1C1CCN(CC2NOC(C3CC3)N2)CC1. The number of nitrogens with zero attached hydrogens (tertiary/aromatic N) is 2. The fraction of sp³-hybridized carbons (Fsp3) is 0.611. The summed E-state index contributed by atoms with van der Waals surface area (Å²) in [6.45, 7) is 2.95. The summed E-state index contributed by atoms with van der Waals surface area (Å²) in [5.41, 5.74) is 5.10. The van der Waals surface area contributed by atoms with Gasteiger partial charge in [0.15, 0.2) is 0 Å². The molecule has 0 spiro atoms. The Bertz CT molecular complexity index is 803. The molecule has 3 fully saturated rings. The Morgan fingerprint density at radius 1 is 1.12 bits per heavy atom. The van der Waals surface area contributed by atoms with E-state index < -0.39 is 0 Å². The highest BCUT2D eigenvalue weighted by atomic mass is 16.7. The van der Waals surface area contributed by atoms with E-state index in [-0.39, 0.29) is 24.1 Å². The predicted octanol–water partition coefficient (Wildman–Crippen LogP) is 1.15. The molecule has 3 heterocycles. The molecule has 0 amide bonds. The van der Waals surface area contributed by atoms with Gasteiger partial charge in [-0.25, -0.2) is 4.79 Å². The maximum absolute atomic E-state index is 12.4. The van der Waals surface area contributed by atoms with E-state index in [9.17, 15) is 4.79 Å². The Kier molecular flexibility index (Phi) is 3.89. The molecule has 1 aromatic carbocycles. The molecule has 7 nitrogen and oxygen atoms in total. The van der Waals surface area contributed by atoms with E-state index >= 15 is 0 Å². The van der Waals surface area contributed by atoms with Gasteiger partial charge in [-0.2, -0.15) is 5.48 Å². The summed E-state index contributed by atoms with van der Waals surface area (Å²) in [5, 5.41) is 3.54. The number of fused-ring (bicyclic) bond motifs is 1. The summed E-state index contributed by atoms with van der Waals surface area (Å²) < 4.78 is 1.95. The Balaban J connectivity index is 1.21. The molecule has 2 unspecified atom stereocenters. The molecule has 134 valence electrons. The first-order valence-corrected chi connectivity index (χ1v) is 9.37. The van der Waals surface area contributed by atoms with Crippen molar-refractivity contribution in [1.29, 1.82) is 0 Å². The highest BCUT2D eigenvalue weighted by Gasteiger charge is 2.38. The highest BCUT2D eigenvalue weighted by molar-refractivity contribution is 5.75. The van der Waals surface area contributed by atoms with Gasteiger partial charge >= 0.3 is 5.69 Å². The molecular formula is C18H25N5O2. The first-order valence-electron chi connectivity index (χ1n) is 9.37. The number of hydrogen-bond acceptors (Lipinski definition) is 5. The quantitative estimate of drug-likeness (QED) is 0.777. The van der Waals surface area contributed by atoms with Crippen LogP contribution in [0.5, 0.6) is 0 Å². The van der Waals surface area contributed by atoms with Crippen molar-refractivity contribution in [3.05, 3.63) is 34.7 Å². The van der Waals surface area contributed by atoms with Gasteiger partial charge in [0.25, 0.3) is 0 Å². The standard InChI is InChI=1S/C18H25N5O2/c24-18-19-14-3-1-2-4-15(14)23(18)13-7-9-22(10-8-13)11-16-20-17(25-21-16)12-5-6-12/h1-4,12-13,16-17,20-21H,5-11H2,(H,19,24). The van der Waals surface area contributed by atoms with Crippen molar-refractivity contribution in [3.63, 3.8) is 0 Å². The summed E-state index contributed by atoms with van der Waals surface area (Å²) >= 11 is 0. The van der Waals surface area contributed by atoms with Crippen LogP contribution in [-0.4, -0.2) is 46.5 Å². The molecular weight excluding hydrogens is 318 g/mol. The van der Waals surface area contributed by atoms with Crippen LogP contribution in [0.25, 0.3) is 11.0 Å². The van der Waals surface area contributed by atoms with Crippen LogP contribution in [0.15, 0.2) is 29.1 Å². The van der Waals surface area contributed by atoms with Gasteiger partial charge < -0.3 is 9.88 Å². The molecule has 0 radical (unpaired) electrons. The summed E-state index contributed by atoms with van der Waals surface area (Å²) in [6, 6.07) is 8.23. The van der Waals surface area contributed by atoms with Gasteiger partial charge in [0.2, 0.25) is 0 Å². The second-order valence-electron chi connectivity index (χ2n) is 7.56. The zero-order valence-corrected chi connectivity index (χ0v) is 14.3. The minimum Gasteiger partial charge on any atom is -0.306 e. The van der Waals surface area contributed by atoms with Crippen molar-refractivity contribution in [1.82, 2.24) is 25.2 Å². The van der Waals surface area contributed by atoms with E-state index in [4.69, 9.17) is 4.84 Å². The first kappa shape index (κ1) is 15.6. The normalized spacial score (nSPS) is 28.8. The second kappa shape index (κ2) is 6.25. The van der Waals surface area contributed by atoms with Crippen LogP contribution in [0.2, 0.25) is 0 Å². The number of benzene rings is 1. The molecule has 1 aliphatic carbocycles. The van der Waals surface area contributed by atoms with Gasteiger partial charge in [-0.1, -0.05) is 12.1 Å². The lowest BCUT2D eigenvalue weighted by Crippen LogP contribution is -2.47. The van der Waals surface area contributed by atoms with E-state index in [1.54, 1.807) is 0 Å². The van der Waals surface area contributed by atoms with Crippen molar-refractivity contribution >= 4 is 11.0 Å². The summed E-state index contributed by atoms with van der Waals surface area (Å²) in [6.07, 6.45) is 4.95. The Labute approximate surface area is 146 Å². The number of likely N-dealkylation sites (tertiary alicyclic amines) is 1. The topological polar surface area (TPSA) is 74.3 Å². The molecule has 2 aromatic rings. The van der Waals surface area contributed by atoms with Gasteiger partial charge in [0.1, 0.15) is 6.23 Å². The third-order valence-electron chi connectivity index (χ3n) is 5.74. The number of para-hydroxylation sites is 2. The van der Waals surface area contributed by atoms with Crippen LogP contribution in [0, 0.1) is 5.92 Å². The number of H-pyrrole nitrogens is 1. The maximum Gasteiger partial charge on any atom is 0.326 e. The van der Waals surface area contributed by atoms with Gasteiger partial charge in [-0.05, 0) is 37.8 Å². The van der Waals surface area contributed by atoms with Gasteiger partial charge in [0, 0.05) is 31.6 Å². The average Bonchev–Trinajstić information content (AvgIpc) is 3.28. The van der Waals surface area contributed by atoms with Crippen LogP contribution in [0.4, 0.5) is 0 Å². The molecule has 5 rings (SSSR count). The Morgan fingerprint density at radius 3 is 2.72 bits per heavy atom. The van der Waals surface area contributed by atoms with Crippen molar-refractivity contribution in [2.24, 2.45) is 5.92 Å². The molecule has 1 aromatic heterocycles. The Hall–Kier alpha value is -1.67. The molecule has 2 saturated heterocycles. The molecule has 25 heavy (non-hydrogen) atoms. The third-order valence-corrected chi connectivity index (χ3v) is 5.74. The molecule has 1 saturated carbocycles. The lowest BCUT2D eigenvalue weighted by atomic mass is 10.0. The monoisotopic (exact) mass is 343 g/mol. The predicted molar refractivity (Wildman–Crippen MR) is 94.9 cm³/mol. The van der Waals surface area contributed by atoms with Gasteiger partial charge in [-0.15, -0.1) is 0 Å². The first-order chi connectivity index (χ1) is 12.3. The highest BCUT2D eigenvalue weighted by Crippen LogP contribution is 2.34. The molecule has 3 aliphatic rings. The van der Waals surface area contributed by atoms with Gasteiger partial charge in [0.05, 0.1) is 17.2 Å². The van der Waals surface area contributed by atoms with Crippen molar-refractivity contribution in [2.45, 2.75) is 44.1 Å². The largest absolute Gasteiger partial charge is 0.326 e. The third kappa shape index (κ3) is 3.01. The maximum atomic E-state index is 12.4. The fourth-order valence-corrected chi connectivity index (χ4v) is 4.20. The van der Waals surface area contributed by atoms with E-state index in [2.05, 4.69) is 20.7 Å². The van der Waals surface area contributed by atoms with Crippen LogP contribution in [-0.2, 0) is 4.84 Å². The lowest BCUT2D eigenvalue weighted by molar-refractivity contribution is 0.00785. The molecule has 3 N–H and O–H groups in total. The average molecular weight is 343 g/mol.